The van der Waals surface area contributed by atoms with Crippen LogP contribution in [0.15, 0.2) is 23.2 Å². The number of nitrogens with two attached hydrogens (primary N) is 1. The van der Waals surface area contributed by atoms with Gasteiger partial charge in [0.2, 0.25) is 10.0 Å². The number of sulfonamides is 1. The van der Waals surface area contributed by atoms with E-state index in [0.717, 1.165) is 12.8 Å². The summed E-state index contributed by atoms with van der Waals surface area (Å²) in [5.41, 5.74) is 6.10. The molecule has 6 nitrogen and oxygen atoms in total. The number of nitrogens with zero attached hydrogens (tertiary/aromatic N) is 1. The lowest BCUT2D eigenvalue weighted by Crippen LogP contribution is -2.33. The summed E-state index contributed by atoms with van der Waals surface area (Å²) >= 11 is 0. The predicted octanol–water partition coefficient (Wildman–Crippen LogP) is 0.386. The summed E-state index contributed by atoms with van der Waals surface area (Å²) in [5, 5.41) is 0. The molecule has 2 unspecified atom stereocenters. The highest BCUT2D eigenvalue weighted by molar-refractivity contribution is 7.89. The number of ether oxygens (including phenoxy) is 1. The summed E-state index contributed by atoms with van der Waals surface area (Å²) in [5.74, 6) is 0. The molecule has 7 heteroatoms. The molecule has 2 rings (SSSR count). The lowest BCUT2D eigenvalue weighted by atomic mass is 10.3. The van der Waals surface area contributed by atoms with Gasteiger partial charge in [-0.2, -0.15) is 0 Å². The Hall–Kier alpha value is -1.02. The van der Waals surface area contributed by atoms with Crippen molar-refractivity contribution in [3.05, 3.63) is 24.0 Å². The van der Waals surface area contributed by atoms with Crippen molar-refractivity contribution >= 4 is 10.0 Å². The molecular formula is C12H19N3O3S. The maximum atomic E-state index is 12.2. The molecule has 1 aliphatic rings. The van der Waals surface area contributed by atoms with E-state index in [1.807, 2.05) is 0 Å². The van der Waals surface area contributed by atoms with Crippen LogP contribution in [0.5, 0.6) is 0 Å². The Morgan fingerprint density at radius 1 is 1.47 bits per heavy atom. The maximum Gasteiger partial charge on any atom is 0.242 e. The van der Waals surface area contributed by atoms with Gasteiger partial charge in [0.05, 0.1) is 11.8 Å². The third-order valence-electron chi connectivity index (χ3n) is 3.36. The topological polar surface area (TPSA) is 94.3 Å². The molecule has 1 aromatic rings. The van der Waals surface area contributed by atoms with E-state index in [1.54, 1.807) is 13.2 Å². The molecule has 1 saturated carbocycles. The lowest BCUT2D eigenvalue weighted by Gasteiger charge is -2.13. The third-order valence-corrected chi connectivity index (χ3v) is 4.86. The van der Waals surface area contributed by atoms with Gasteiger partial charge in [-0.15, -0.1) is 0 Å². The van der Waals surface area contributed by atoms with Crippen molar-refractivity contribution in [1.82, 2.24) is 9.71 Å². The first-order valence-electron chi connectivity index (χ1n) is 6.25. The molecule has 2 atom stereocenters. The van der Waals surface area contributed by atoms with Crippen LogP contribution in [0.3, 0.4) is 0 Å². The van der Waals surface area contributed by atoms with E-state index in [2.05, 4.69) is 9.71 Å². The van der Waals surface area contributed by atoms with E-state index in [9.17, 15) is 8.42 Å². The largest absolute Gasteiger partial charge is 0.381 e. The van der Waals surface area contributed by atoms with Gasteiger partial charge in [0.1, 0.15) is 4.90 Å². The number of aromatic nitrogens is 1. The van der Waals surface area contributed by atoms with Crippen molar-refractivity contribution in [2.24, 2.45) is 5.73 Å². The van der Waals surface area contributed by atoms with Gasteiger partial charge in [-0.25, -0.2) is 13.1 Å². The standard InChI is InChI=1S/C12H19N3O3S/c1-18-11-4-2-9(6-11)15-19(16,17)12-5-3-10(7-13)14-8-12/h3,5,8-9,11,15H,2,4,6-7,13H2,1H3. The van der Waals surface area contributed by atoms with Gasteiger partial charge in [0.25, 0.3) is 0 Å². The summed E-state index contributed by atoms with van der Waals surface area (Å²) in [6.45, 7) is 0.298. The van der Waals surface area contributed by atoms with Gasteiger partial charge in [0.15, 0.2) is 0 Å². The van der Waals surface area contributed by atoms with E-state index in [-0.39, 0.29) is 17.0 Å². The molecule has 19 heavy (non-hydrogen) atoms. The number of pyridine rings is 1. The van der Waals surface area contributed by atoms with Crippen LogP contribution in [0.25, 0.3) is 0 Å². The Kier molecular flexibility index (Phi) is 4.51. The van der Waals surface area contributed by atoms with Gasteiger partial charge in [0, 0.05) is 25.9 Å². The monoisotopic (exact) mass is 285 g/mol. The Morgan fingerprint density at radius 2 is 2.26 bits per heavy atom. The van der Waals surface area contributed by atoms with Crippen LogP contribution in [0, 0.1) is 0 Å². The molecule has 0 aromatic carbocycles. The van der Waals surface area contributed by atoms with Crippen LogP contribution in [0.4, 0.5) is 0 Å². The molecule has 1 heterocycles. The molecule has 0 aliphatic heterocycles. The zero-order valence-electron chi connectivity index (χ0n) is 10.9. The van der Waals surface area contributed by atoms with Crippen molar-refractivity contribution in [1.29, 1.82) is 0 Å². The molecule has 3 N–H and O–H groups in total. The Bertz CT molecular complexity index is 516. The average Bonchev–Trinajstić information content (AvgIpc) is 2.85. The minimum Gasteiger partial charge on any atom is -0.381 e. The predicted molar refractivity (Wildman–Crippen MR) is 70.9 cm³/mol. The summed E-state index contributed by atoms with van der Waals surface area (Å²) in [6, 6.07) is 3.09. The van der Waals surface area contributed by atoms with Gasteiger partial charge in [-0.05, 0) is 31.4 Å². The molecule has 0 spiro atoms. The average molecular weight is 285 g/mol. The molecule has 0 bridgehead atoms. The molecule has 0 radical (unpaired) electrons. The van der Waals surface area contributed by atoms with E-state index < -0.39 is 10.0 Å². The summed E-state index contributed by atoms with van der Waals surface area (Å²) in [6.07, 6.45) is 3.88. The molecule has 1 aliphatic carbocycles. The molecule has 0 amide bonds. The van der Waals surface area contributed by atoms with E-state index in [1.165, 1.54) is 12.3 Å². The van der Waals surface area contributed by atoms with E-state index in [0.29, 0.717) is 18.7 Å². The first kappa shape index (κ1) is 14.4. The van der Waals surface area contributed by atoms with Crippen LogP contribution in [-0.2, 0) is 21.3 Å². The molecule has 1 fully saturated rings. The number of hydrogen-bond acceptors (Lipinski definition) is 5. The second-order valence-corrected chi connectivity index (χ2v) is 6.39. The zero-order chi connectivity index (χ0) is 13.9. The fourth-order valence-corrected chi connectivity index (χ4v) is 3.47. The summed E-state index contributed by atoms with van der Waals surface area (Å²) in [7, 11) is -1.86. The highest BCUT2D eigenvalue weighted by Crippen LogP contribution is 2.23. The molecule has 1 aromatic heterocycles. The number of hydrogen-bond donors (Lipinski definition) is 2. The molecule has 0 saturated heterocycles. The second-order valence-electron chi connectivity index (χ2n) is 4.68. The summed E-state index contributed by atoms with van der Waals surface area (Å²) in [4.78, 5) is 4.17. The number of nitrogens with one attached hydrogen (secondary N) is 1. The van der Waals surface area contributed by atoms with Gasteiger partial charge in [-0.1, -0.05) is 0 Å². The van der Waals surface area contributed by atoms with Crippen LogP contribution in [0.2, 0.25) is 0 Å². The van der Waals surface area contributed by atoms with E-state index >= 15 is 0 Å². The number of methoxy groups -OCH3 is 1. The zero-order valence-corrected chi connectivity index (χ0v) is 11.7. The maximum absolute atomic E-state index is 12.2. The minimum absolute atomic E-state index is 0.0656. The normalized spacial score (nSPS) is 23.7. The van der Waals surface area contributed by atoms with Crippen LogP contribution in [-0.4, -0.2) is 32.7 Å². The lowest BCUT2D eigenvalue weighted by molar-refractivity contribution is 0.107. The fraction of sp³-hybridized carbons (Fsp3) is 0.583. The highest BCUT2D eigenvalue weighted by Gasteiger charge is 2.28. The first-order chi connectivity index (χ1) is 9.05. The van der Waals surface area contributed by atoms with Crippen LogP contribution >= 0.6 is 0 Å². The smallest absolute Gasteiger partial charge is 0.242 e. The SMILES string of the molecule is COC1CCC(NS(=O)(=O)c2ccc(CN)nc2)C1. The number of rotatable bonds is 5. The minimum atomic E-state index is -3.51. The highest BCUT2D eigenvalue weighted by atomic mass is 32.2. The van der Waals surface area contributed by atoms with E-state index in [4.69, 9.17) is 10.5 Å². The van der Waals surface area contributed by atoms with Crippen LogP contribution < -0.4 is 10.5 Å². The van der Waals surface area contributed by atoms with Crippen LogP contribution in [0.1, 0.15) is 25.0 Å². The van der Waals surface area contributed by atoms with Gasteiger partial charge < -0.3 is 10.5 Å². The Balaban J connectivity index is 2.05. The van der Waals surface area contributed by atoms with Crippen molar-refractivity contribution < 1.29 is 13.2 Å². The van der Waals surface area contributed by atoms with Crippen molar-refractivity contribution in [3.63, 3.8) is 0 Å². The first-order valence-corrected chi connectivity index (χ1v) is 7.73. The third kappa shape index (κ3) is 3.50. The molecular weight excluding hydrogens is 266 g/mol. The van der Waals surface area contributed by atoms with Gasteiger partial charge in [-0.3, -0.25) is 4.98 Å². The summed E-state index contributed by atoms with van der Waals surface area (Å²) < 4.78 is 32.2. The van der Waals surface area contributed by atoms with Crippen molar-refractivity contribution in [2.45, 2.75) is 42.8 Å². The van der Waals surface area contributed by atoms with Gasteiger partial charge >= 0.3 is 0 Å². The quantitative estimate of drug-likeness (QED) is 0.816. The fourth-order valence-electron chi connectivity index (χ4n) is 2.24. The molecule has 106 valence electrons. The van der Waals surface area contributed by atoms with Crippen molar-refractivity contribution in [2.75, 3.05) is 7.11 Å². The Morgan fingerprint density at radius 3 is 2.79 bits per heavy atom. The van der Waals surface area contributed by atoms with Crippen molar-refractivity contribution in [3.8, 4) is 0 Å². The Labute approximate surface area is 113 Å². The second kappa shape index (κ2) is 5.96.